The van der Waals surface area contributed by atoms with Gasteiger partial charge in [-0.1, -0.05) is 166 Å². The average Bonchev–Trinajstić information content (AvgIpc) is 3.30. The van der Waals surface area contributed by atoms with E-state index >= 15 is 0 Å². The summed E-state index contributed by atoms with van der Waals surface area (Å²) in [6.45, 7) is 2.29. The van der Waals surface area contributed by atoms with E-state index in [4.69, 9.17) is 9.47 Å². The van der Waals surface area contributed by atoms with Crippen molar-refractivity contribution in [3.63, 3.8) is 0 Å². The quantitative estimate of drug-likeness (QED) is 0.0354. The number of hydrogen-bond acceptors (Lipinski definition) is 6. The molecule has 0 heterocycles. The number of nitro groups is 2. The van der Waals surface area contributed by atoms with Crippen molar-refractivity contribution >= 4 is 11.4 Å². The SMILES string of the molecule is CCCCCCCCCCCCCCCCC1CCC(CCC2CCC(c3ccc(Oc4ccc([N+](=O)[O-])cc4)cc3)(c3ccc(Oc4ccc([N+](=O)[O-])cc4)cc3)CC2)CC1. The molecule has 0 atom stereocenters. The zero-order chi connectivity index (χ0) is 43.4. The van der Waals surface area contributed by atoms with Gasteiger partial charge in [0.15, 0.2) is 0 Å². The molecule has 8 nitrogen and oxygen atoms in total. The highest BCUT2D eigenvalue weighted by molar-refractivity contribution is 5.46. The van der Waals surface area contributed by atoms with Crippen LogP contribution in [0.1, 0.15) is 179 Å². The zero-order valence-electron chi connectivity index (χ0n) is 37.5. The Morgan fingerprint density at radius 2 is 0.742 bits per heavy atom. The molecule has 4 aromatic rings. The first-order valence-corrected chi connectivity index (χ1v) is 24.4. The van der Waals surface area contributed by atoms with Crippen molar-refractivity contribution in [2.24, 2.45) is 17.8 Å². The fraction of sp³-hybridized carbons (Fsp3) is 0.556. The molecule has 0 unspecified atom stereocenters. The molecule has 8 heteroatoms. The Bertz CT molecular complexity index is 1790. The molecule has 2 saturated carbocycles. The number of non-ortho nitro benzene ring substituents is 2. The molecule has 0 bridgehead atoms. The van der Waals surface area contributed by atoms with Crippen molar-refractivity contribution in [3.05, 3.63) is 128 Å². The Labute approximate surface area is 371 Å². The van der Waals surface area contributed by atoms with E-state index in [-0.39, 0.29) is 16.8 Å². The smallest absolute Gasteiger partial charge is 0.269 e. The van der Waals surface area contributed by atoms with Crippen molar-refractivity contribution in [1.29, 1.82) is 0 Å². The molecule has 0 saturated heterocycles. The summed E-state index contributed by atoms with van der Waals surface area (Å²) in [6.07, 6.45) is 34.4. The van der Waals surface area contributed by atoms with Gasteiger partial charge >= 0.3 is 0 Å². The van der Waals surface area contributed by atoms with Crippen LogP contribution < -0.4 is 9.47 Å². The van der Waals surface area contributed by atoms with Gasteiger partial charge in [-0.3, -0.25) is 20.2 Å². The molecule has 0 aliphatic heterocycles. The van der Waals surface area contributed by atoms with Crippen molar-refractivity contribution < 1.29 is 19.3 Å². The Kier molecular flexibility index (Phi) is 18.7. The van der Waals surface area contributed by atoms with E-state index in [9.17, 15) is 20.2 Å². The molecule has 0 aromatic heterocycles. The van der Waals surface area contributed by atoms with Crippen molar-refractivity contribution in [3.8, 4) is 23.0 Å². The van der Waals surface area contributed by atoms with E-state index in [0.29, 0.717) is 23.0 Å². The lowest BCUT2D eigenvalue weighted by molar-refractivity contribution is -0.385. The summed E-state index contributed by atoms with van der Waals surface area (Å²) in [4.78, 5) is 21.4. The molecule has 2 fully saturated rings. The van der Waals surface area contributed by atoms with Crippen LogP contribution in [0.25, 0.3) is 0 Å². The van der Waals surface area contributed by atoms with Crippen molar-refractivity contribution in [2.45, 2.75) is 173 Å². The highest BCUT2D eigenvalue weighted by Crippen LogP contribution is 2.49. The molecule has 0 radical (unpaired) electrons. The molecule has 2 aliphatic carbocycles. The van der Waals surface area contributed by atoms with E-state index in [1.807, 2.05) is 24.3 Å². The van der Waals surface area contributed by atoms with Gasteiger partial charge < -0.3 is 9.47 Å². The van der Waals surface area contributed by atoms with E-state index in [0.717, 1.165) is 30.6 Å². The Balaban J connectivity index is 0.953. The second-order valence-electron chi connectivity index (χ2n) is 18.6. The van der Waals surface area contributed by atoms with Gasteiger partial charge in [-0.15, -0.1) is 0 Å². The molecule has 4 aromatic carbocycles. The molecular weight excluding hydrogens is 773 g/mol. The number of rotatable bonds is 26. The topological polar surface area (TPSA) is 105 Å². The maximum absolute atomic E-state index is 11.1. The van der Waals surface area contributed by atoms with Crippen LogP contribution in [0.15, 0.2) is 97.1 Å². The highest BCUT2D eigenvalue weighted by atomic mass is 16.6. The first-order valence-electron chi connectivity index (χ1n) is 24.4. The Morgan fingerprint density at radius 3 is 1.10 bits per heavy atom. The first-order chi connectivity index (χ1) is 30.3. The van der Waals surface area contributed by atoms with Gasteiger partial charge in [0.2, 0.25) is 0 Å². The molecule has 334 valence electrons. The molecule has 6 rings (SSSR count). The molecule has 0 amide bonds. The van der Waals surface area contributed by atoms with Crippen LogP contribution in [0.5, 0.6) is 23.0 Å². The van der Waals surface area contributed by atoms with E-state index < -0.39 is 9.85 Å². The summed E-state index contributed by atoms with van der Waals surface area (Å²) in [5.41, 5.74) is 2.43. The minimum atomic E-state index is -0.409. The monoisotopic (exact) mass is 845 g/mol. The van der Waals surface area contributed by atoms with E-state index in [2.05, 4.69) is 31.2 Å². The lowest BCUT2D eigenvalue weighted by Crippen LogP contribution is -2.33. The largest absolute Gasteiger partial charge is 0.457 e. The minimum Gasteiger partial charge on any atom is -0.457 e. The summed E-state index contributed by atoms with van der Waals surface area (Å²) in [5.74, 6) is 5.07. The maximum atomic E-state index is 11.1. The van der Waals surface area contributed by atoms with Crippen LogP contribution >= 0.6 is 0 Å². The van der Waals surface area contributed by atoms with Gasteiger partial charge in [0.25, 0.3) is 11.4 Å². The van der Waals surface area contributed by atoms with Crippen LogP contribution in [0, 0.1) is 38.0 Å². The number of benzene rings is 4. The number of unbranched alkanes of at least 4 members (excludes halogenated alkanes) is 13. The predicted molar refractivity (Wildman–Crippen MR) is 252 cm³/mol. The fourth-order valence-corrected chi connectivity index (χ4v) is 10.3. The number of ether oxygens (including phenoxy) is 2. The van der Waals surface area contributed by atoms with E-state index in [1.54, 1.807) is 24.3 Å². The third-order valence-corrected chi connectivity index (χ3v) is 14.3. The van der Waals surface area contributed by atoms with Crippen LogP contribution in [0.4, 0.5) is 11.4 Å². The third kappa shape index (κ3) is 14.4. The number of nitrogens with zero attached hydrogens (tertiary/aromatic N) is 2. The van der Waals surface area contributed by atoms with Crippen molar-refractivity contribution in [1.82, 2.24) is 0 Å². The van der Waals surface area contributed by atoms with Gasteiger partial charge in [0.05, 0.1) is 9.85 Å². The molecule has 0 N–H and O–H groups in total. The van der Waals surface area contributed by atoms with Gasteiger partial charge in [-0.2, -0.15) is 0 Å². The van der Waals surface area contributed by atoms with Gasteiger partial charge in [0, 0.05) is 29.7 Å². The molecule has 62 heavy (non-hydrogen) atoms. The van der Waals surface area contributed by atoms with Gasteiger partial charge in [0.1, 0.15) is 23.0 Å². The van der Waals surface area contributed by atoms with Crippen LogP contribution in [0.2, 0.25) is 0 Å². The lowest BCUT2D eigenvalue weighted by atomic mass is 9.62. The second-order valence-corrected chi connectivity index (χ2v) is 18.6. The molecule has 2 aliphatic rings. The Hall–Kier alpha value is -4.72. The summed E-state index contributed by atoms with van der Waals surface area (Å²) in [6, 6.07) is 29.1. The van der Waals surface area contributed by atoms with Gasteiger partial charge in [-0.05, 0) is 103 Å². The van der Waals surface area contributed by atoms with E-state index in [1.165, 1.54) is 183 Å². The average molecular weight is 845 g/mol. The summed E-state index contributed by atoms with van der Waals surface area (Å²) >= 11 is 0. The maximum Gasteiger partial charge on any atom is 0.269 e. The highest BCUT2D eigenvalue weighted by Gasteiger charge is 2.38. The third-order valence-electron chi connectivity index (χ3n) is 14.3. The van der Waals surface area contributed by atoms with Crippen LogP contribution in [-0.2, 0) is 5.41 Å². The number of nitro benzene ring substituents is 2. The minimum absolute atomic E-state index is 0.0346. The zero-order valence-corrected chi connectivity index (χ0v) is 37.5. The summed E-state index contributed by atoms with van der Waals surface area (Å²) in [7, 11) is 0. The second kappa shape index (κ2) is 24.8. The first kappa shape index (κ1) is 46.8. The summed E-state index contributed by atoms with van der Waals surface area (Å²) < 4.78 is 12.2. The molecular formula is C54H72N2O6. The van der Waals surface area contributed by atoms with Crippen LogP contribution in [0.3, 0.4) is 0 Å². The molecule has 0 spiro atoms. The summed E-state index contributed by atoms with van der Waals surface area (Å²) in [5, 5.41) is 22.2. The van der Waals surface area contributed by atoms with Crippen LogP contribution in [-0.4, -0.2) is 9.85 Å². The van der Waals surface area contributed by atoms with Gasteiger partial charge in [-0.25, -0.2) is 0 Å². The fourth-order valence-electron chi connectivity index (χ4n) is 10.3. The number of hydrogen-bond donors (Lipinski definition) is 0. The normalized spacial score (nSPS) is 17.7. The standard InChI is InChI=1S/C54H72N2O6/c1-2-3-4-5-6-7-8-9-10-11-12-13-14-15-16-43-17-19-44(20-18-43)21-22-45-39-41-54(42-40-45,46-23-31-50(32-24-46)61-52-35-27-48(28-36-52)55(57)58)47-25-33-51(34-26-47)62-53-37-29-49(30-38-53)56(59)60/h23-38,43-45H,2-22,39-42H2,1H3. The Morgan fingerprint density at radius 1 is 0.435 bits per heavy atom. The lowest BCUT2D eigenvalue weighted by Gasteiger charge is -2.42. The predicted octanol–water partition coefficient (Wildman–Crippen LogP) is 17.0. The van der Waals surface area contributed by atoms with Crippen molar-refractivity contribution in [2.75, 3.05) is 0 Å².